The first-order chi connectivity index (χ1) is 12.5. The van der Waals surface area contributed by atoms with Gasteiger partial charge >= 0.3 is 0 Å². The average molecular weight is 385 g/mol. The number of likely N-dealkylation sites (tertiary alicyclic amines) is 1. The number of rotatable bonds is 3. The zero-order valence-corrected chi connectivity index (χ0v) is 17.2. The number of hydrogen-bond acceptors (Lipinski definition) is 2. The average Bonchev–Trinajstić information content (AvgIpc) is 3.22. The Balaban J connectivity index is 0.00000210. The van der Waals surface area contributed by atoms with E-state index in [4.69, 9.17) is 0 Å². The van der Waals surface area contributed by atoms with Gasteiger partial charge in [-0.15, -0.1) is 12.4 Å². The van der Waals surface area contributed by atoms with Gasteiger partial charge in [0.1, 0.15) is 5.54 Å². The van der Waals surface area contributed by atoms with Gasteiger partial charge in [0, 0.05) is 19.6 Å². The van der Waals surface area contributed by atoms with Gasteiger partial charge in [-0.1, -0.05) is 56.3 Å². The summed E-state index contributed by atoms with van der Waals surface area (Å²) in [5, 5.41) is 3.69. The molecule has 144 valence electrons. The lowest BCUT2D eigenvalue weighted by Crippen LogP contribution is -2.47. The number of halogens is 1. The molecule has 4 heteroatoms. The molecule has 3 nitrogen and oxygen atoms in total. The lowest BCUT2D eigenvalue weighted by molar-refractivity contribution is -0.131. The quantitative estimate of drug-likeness (QED) is 0.814. The van der Waals surface area contributed by atoms with Crippen molar-refractivity contribution in [2.45, 2.75) is 50.6 Å². The van der Waals surface area contributed by atoms with Crippen LogP contribution in [0.2, 0.25) is 0 Å². The molecule has 2 saturated heterocycles. The van der Waals surface area contributed by atoms with E-state index in [9.17, 15) is 4.79 Å². The summed E-state index contributed by atoms with van der Waals surface area (Å²) in [7, 11) is 1.91. The summed E-state index contributed by atoms with van der Waals surface area (Å²) in [6.45, 7) is 5.35. The topological polar surface area (TPSA) is 32.3 Å². The lowest BCUT2D eigenvalue weighted by Gasteiger charge is -2.23. The number of carbonyl (C=O) groups excluding carboxylic acids is 1. The molecule has 0 saturated carbocycles. The van der Waals surface area contributed by atoms with Crippen LogP contribution in [0.3, 0.4) is 0 Å². The normalized spacial score (nSPS) is 24.7. The molecule has 0 aromatic heterocycles. The molecule has 1 spiro atoms. The molecule has 1 amide bonds. The van der Waals surface area contributed by atoms with Crippen molar-refractivity contribution in [1.82, 2.24) is 10.2 Å². The van der Waals surface area contributed by atoms with Crippen LogP contribution in [0.5, 0.6) is 0 Å². The monoisotopic (exact) mass is 384 g/mol. The fourth-order valence-corrected chi connectivity index (χ4v) is 4.60. The maximum Gasteiger partial charge on any atom is 0.242 e. The molecular weight excluding hydrogens is 356 g/mol. The summed E-state index contributed by atoms with van der Waals surface area (Å²) < 4.78 is 0. The molecule has 2 aromatic carbocycles. The van der Waals surface area contributed by atoms with E-state index < -0.39 is 0 Å². The number of benzene rings is 2. The van der Waals surface area contributed by atoms with E-state index in [1.165, 1.54) is 22.3 Å². The molecule has 2 atom stereocenters. The molecule has 0 aliphatic carbocycles. The van der Waals surface area contributed by atoms with Gasteiger partial charge in [0.05, 0.1) is 0 Å². The molecular formula is C23H29ClN2O. The van der Waals surface area contributed by atoms with Crippen LogP contribution in [0.15, 0.2) is 48.5 Å². The summed E-state index contributed by atoms with van der Waals surface area (Å²) in [4.78, 5) is 14.4. The maximum atomic E-state index is 12.6. The zero-order chi connectivity index (χ0) is 18.3. The highest BCUT2D eigenvalue weighted by Crippen LogP contribution is 2.40. The molecule has 0 bridgehead atoms. The van der Waals surface area contributed by atoms with Gasteiger partial charge in [0.15, 0.2) is 0 Å². The molecule has 2 heterocycles. The summed E-state index contributed by atoms with van der Waals surface area (Å²) >= 11 is 0. The predicted octanol–water partition coefficient (Wildman–Crippen LogP) is 4.92. The van der Waals surface area contributed by atoms with Crippen LogP contribution >= 0.6 is 12.4 Å². The highest BCUT2D eigenvalue weighted by molar-refractivity contribution is 5.88. The fourth-order valence-electron chi connectivity index (χ4n) is 4.60. The minimum absolute atomic E-state index is 0. The minimum atomic E-state index is -0.328. The molecule has 27 heavy (non-hydrogen) atoms. The molecule has 2 aliphatic heterocycles. The van der Waals surface area contributed by atoms with Crippen molar-refractivity contribution in [3.05, 3.63) is 59.7 Å². The Bertz CT molecular complexity index is 835. The van der Waals surface area contributed by atoms with Gasteiger partial charge in [-0.2, -0.15) is 0 Å². The SMILES string of the molecule is CC(C)c1ccccc1-c1cccc([C@H]2CC[C@]3(CCN(C)C3=O)N2)c1.Cl. The van der Waals surface area contributed by atoms with Crippen LogP contribution < -0.4 is 5.32 Å². The third kappa shape index (κ3) is 3.51. The Kier molecular flexibility index (Phi) is 5.64. The highest BCUT2D eigenvalue weighted by Gasteiger charge is 2.49. The lowest BCUT2D eigenvalue weighted by atomic mass is 9.91. The molecule has 2 aliphatic rings. The fraction of sp³-hybridized carbons (Fsp3) is 0.435. The molecule has 4 rings (SSSR count). The van der Waals surface area contributed by atoms with Crippen molar-refractivity contribution in [1.29, 1.82) is 0 Å². The van der Waals surface area contributed by atoms with Crippen molar-refractivity contribution in [3.63, 3.8) is 0 Å². The second kappa shape index (κ2) is 7.65. The van der Waals surface area contributed by atoms with E-state index in [-0.39, 0.29) is 29.9 Å². The summed E-state index contributed by atoms with van der Waals surface area (Å²) in [5.41, 5.74) is 4.93. The van der Waals surface area contributed by atoms with Crippen LogP contribution in [0, 0.1) is 0 Å². The van der Waals surface area contributed by atoms with Crippen LogP contribution in [0.1, 0.15) is 56.2 Å². The second-order valence-electron chi connectivity index (χ2n) is 8.16. The number of hydrogen-bond donors (Lipinski definition) is 1. The first kappa shape index (κ1) is 19.9. The molecule has 0 radical (unpaired) electrons. The number of carbonyl (C=O) groups is 1. The Hall–Kier alpha value is -1.84. The smallest absolute Gasteiger partial charge is 0.242 e. The zero-order valence-electron chi connectivity index (χ0n) is 16.4. The van der Waals surface area contributed by atoms with Crippen LogP contribution in [0.4, 0.5) is 0 Å². The first-order valence-electron chi connectivity index (χ1n) is 9.73. The van der Waals surface area contributed by atoms with Crippen molar-refractivity contribution < 1.29 is 4.79 Å². The van der Waals surface area contributed by atoms with E-state index >= 15 is 0 Å². The number of amides is 1. The third-order valence-electron chi connectivity index (χ3n) is 6.12. The van der Waals surface area contributed by atoms with Gasteiger partial charge in [0.25, 0.3) is 0 Å². The molecule has 2 aromatic rings. The third-order valence-corrected chi connectivity index (χ3v) is 6.12. The van der Waals surface area contributed by atoms with Gasteiger partial charge in [-0.25, -0.2) is 0 Å². The Morgan fingerprint density at radius 3 is 2.59 bits per heavy atom. The standard InChI is InChI=1S/C23H28N2O.ClH/c1-16(2)19-9-4-5-10-20(19)17-7-6-8-18(15-17)21-11-12-23(24-21)13-14-25(3)22(23)26;/h4-10,15-16,21,24H,11-14H2,1-3H3;1H/t21-,23-;/m1./s1. The highest BCUT2D eigenvalue weighted by atomic mass is 35.5. The van der Waals surface area contributed by atoms with Gasteiger partial charge < -0.3 is 4.90 Å². The van der Waals surface area contributed by atoms with E-state index in [0.29, 0.717) is 5.92 Å². The number of likely N-dealkylation sites (N-methyl/N-ethyl adjacent to an activating group) is 1. The van der Waals surface area contributed by atoms with E-state index in [1.54, 1.807) is 0 Å². The summed E-state index contributed by atoms with van der Waals surface area (Å²) in [6.07, 6.45) is 2.89. The first-order valence-corrected chi connectivity index (χ1v) is 9.73. The number of nitrogens with one attached hydrogen (secondary N) is 1. The Labute approximate surface area is 168 Å². The van der Waals surface area contributed by atoms with E-state index in [1.807, 2.05) is 11.9 Å². The van der Waals surface area contributed by atoms with Crippen molar-refractivity contribution in [2.75, 3.05) is 13.6 Å². The second-order valence-corrected chi connectivity index (χ2v) is 8.16. The van der Waals surface area contributed by atoms with Gasteiger partial charge in [-0.3, -0.25) is 10.1 Å². The van der Waals surface area contributed by atoms with Crippen molar-refractivity contribution in [2.24, 2.45) is 0 Å². The summed E-state index contributed by atoms with van der Waals surface area (Å²) in [6, 6.07) is 17.8. The van der Waals surface area contributed by atoms with Crippen LogP contribution in [-0.2, 0) is 4.79 Å². The van der Waals surface area contributed by atoms with Crippen molar-refractivity contribution >= 4 is 18.3 Å². The Morgan fingerprint density at radius 2 is 1.89 bits per heavy atom. The largest absolute Gasteiger partial charge is 0.344 e. The molecule has 2 fully saturated rings. The van der Waals surface area contributed by atoms with E-state index in [2.05, 4.69) is 67.7 Å². The molecule has 1 N–H and O–H groups in total. The van der Waals surface area contributed by atoms with Gasteiger partial charge in [-0.05, 0) is 53.5 Å². The maximum absolute atomic E-state index is 12.6. The van der Waals surface area contributed by atoms with Crippen LogP contribution in [-0.4, -0.2) is 29.9 Å². The van der Waals surface area contributed by atoms with Crippen LogP contribution in [0.25, 0.3) is 11.1 Å². The van der Waals surface area contributed by atoms with Crippen molar-refractivity contribution in [3.8, 4) is 11.1 Å². The summed E-state index contributed by atoms with van der Waals surface area (Å²) in [5.74, 6) is 0.760. The predicted molar refractivity (Wildman–Crippen MR) is 113 cm³/mol. The number of nitrogens with zero attached hydrogens (tertiary/aromatic N) is 1. The minimum Gasteiger partial charge on any atom is -0.344 e. The van der Waals surface area contributed by atoms with E-state index in [0.717, 1.165) is 25.8 Å². The Morgan fingerprint density at radius 1 is 1.11 bits per heavy atom. The van der Waals surface area contributed by atoms with Gasteiger partial charge in [0.2, 0.25) is 5.91 Å². The molecule has 0 unspecified atom stereocenters.